The fraction of sp³-hybridized carbons (Fsp3) is 0.361. The van der Waals surface area contributed by atoms with Gasteiger partial charge in [0, 0.05) is 37.6 Å². The average Bonchev–Trinajstić information content (AvgIpc) is 2.97. The summed E-state index contributed by atoms with van der Waals surface area (Å²) in [4.78, 5) is 16.7. The second-order valence-electron chi connectivity index (χ2n) is 10.1. The number of aryl methyl sites for hydroxylation is 1. The van der Waals surface area contributed by atoms with E-state index in [4.69, 9.17) is 0 Å². The molecular formula is C36H48N2O3. The summed E-state index contributed by atoms with van der Waals surface area (Å²) in [6, 6.07) is 18.9. The van der Waals surface area contributed by atoms with Crippen LogP contribution >= 0.6 is 0 Å². The number of aliphatic hydroxyl groups is 1. The number of unbranched alkanes of at least 4 members (excludes halogenated alkanes) is 1. The third-order valence-corrected chi connectivity index (χ3v) is 6.89. The molecule has 2 rings (SSSR count). The van der Waals surface area contributed by atoms with Crippen LogP contribution in [0, 0.1) is 6.92 Å². The molecule has 0 amide bonds. The van der Waals surface area contributed by atoms with E-state index in [2.05, 4.69) is 85.2 Å². The van der Waals surface area contributed by atoms with Crippen LogP contribution in [-0.4, -0.2) is 52.2 Å². The van der Waals surface area contributed by atoms with Crippen molar-refractivity contribution in [2.24, 2.45) is 0 Å². The Labute approximate surface area is 247 Å². The molecule has 2 aromatic rings. The van der Waals surface area contributed by atoms with Gasteiger partial charge in [-0.25, -0.2) is 4.79 Å². The molecule has 0 aliphatic heterocycles. The Morgan fingerprint density at radius 3 is 2.17 bits per heavy atom. The van der Waals surface area contributed by atoms with Crippen molar-refractivity contribution in [1.29, 1.82) is 0 Å². The number of rotatable bonds is 17. The highest BCUT2D eigenvalue weighted by Gasteiger charge is 2.20. The van der Waals surface area contributed by atoms with Gasteiger partial charge in [0.05, 0.1) is 12.2 Å². The normalized spacial score (nSPS) is 13.3. The van der Waals surface area contributed by atoms with Gasteiger partial charge in [0.1, 0.15) is 0 Å². The molecule has 2 aromatic carbocycles. The first-order valence-electron chi connectivity index (χ1n) is 14.7. The number of benzene rings is 2. The molecular weight excluding hydrogens is 508 g/mol. The number of aliphatic carboxylic acids is 1. The number of hydrogen-bond donors (Lipinski definition) is 2. The molecule has 0 spiro atoms. The van der Waals surface area contributed by atoms with Crippen LogP contribution in [0.25, 0.3) is 0 Å². The van der Waals surface area contributed by atoms with E-state index in [0.717, 1.165) is 49.3 Å². The highest BCUT2D eigenvalue weighted by atomic mass is 16.4. The summed E-state index contributed by atoms with van der Waals surface area (Å²) in [5, 5.41) is 19.8. The molecule has 0 aromatic heterocycles. The SMILES string of the molecule is C\C=C/C(=C\C(=C\CCC)C(=C/C)\N(CCc1ccc(C)cc1)/C(=C\C)CN(CCO)Cc1ccccc1)C(=O)O. The minimum Gasteiger partial charge on any atom is -0.478 e. The molecule has 0 bridgehead atoms. The van der Waals surface area contributed by atoms with Gasteiger partial charge in [-0.1, -0.05) is 104 Å². The van der Waals surface area contributed by atoms with Crippen LogP contribution in [-0.2, 0) is 17.8 Å². The van der Waals surface area contributed by atoms with E-state index >= 15 is 0 Å². The molecule has 2 N–H and O–H groups in total. The standard InChI is InChI=1S/C36H48N2O3/c1-6-10-17-32(26-33(14-7-2)36(40)41)35(9-4)38(23-22-30-20-18-29(5)19-21-30)34(8-3)28-37(24-25-39)27-31-15-12-11-13-16-31/h7-9,11-21,26,39H,6,10,22-25,27-28H2,1-5H3,(H,40,41)/b14-7-,32-17-,33-26+,34-8-,35-9+. The number of carboxylic acid groups (broad SMARTS) is 1. The van der Waals surface area contributed by atoms with Crippen LogP contribution in [0.5, 0.6) is 0 Å². The van der Waals surface area contributed by atoms with Crippen molar-refractivity contribution in [3.8, 4) is 0 Å². The van der Waals surface area contributed by atoms with E-state index in [1.54, 1.807) is 18.2 Å². The van der Waals surface area contributed by atoms with Gasteiger partial charge < -0.3 is 15.1 Å². The van der Waals surface area contributed by atoms with Gasteiger partial charge in [-0.2, -0.15) is 0 Å². The van der Waals surface area contributed by atoms with Gasteiger partial charge >= 0.3 is 5.97 Å². The Balaban J connectivity index is 2.55. The molecule has 0 aliphatic carbocycles. The van der Waals surface area contributed by atoms with Crippen molar-refractivity contribution in [2.75, 3.05) is 26.2 Å². The smallest absolute Gasteiger partial charge is 0.335 e. The Kier molecular flexibility index (Phi) is 15.2. The Morgan fingerprint density at radius 1 is 0.902 bits per heavy atom. The lowest BCUT2D eigenvalue weighted by Gasteiger charge is -2.34. The van der Waals surface area contributed by atoms with E-state index in [1.165, 1.54) is 16.7 Å². The number of carboxylic acids is 1. The summed E-state index contributed by atoms with van der Waals surface area (Å²) in [5.74, 6) is -0.949. The van der Waals surface area contributed by atoms with Crippen molar-refractivity contribution < 1.29 is 15.0 Å². The molecule has 5 nitrogen and oxygen atoms in total. The predicted octanol–water partition coefficient (Wildman–Crippen LogP) is 7.46. The van der Waals surface area contributed by atoms with Crippen LogP contribution in [0.3, 0.4) is 0 Å². The van der Waals surface area contributed by atoms with Crippen molar-refractivity contribution in [3.05, 3.63) is 130 Å². The molecule has 0 radical (unpaired) electrons. The van der Waals surface area contributed by atoms with Gasteiger partial charge in [0.15, 0.2) is 0 Å². The number of aliphatic hydroxyl groups excluding tert-OH is 1. The zero-order valence-electron chi connectivity index (χ0n) is 25.5. The molecule has 0 atom stereocenters. The molecule has 0 aliphatic rings. The molecule has 0 unspecified atom stereocenters. The third-order valence-electron chi connectivity index (χ3n) is 6.89. The lowest BCUT2D eigenvalue weighted by Crippen LogP contribution is -2.35. The maximum absolute atomic E-state index is 12.1. The third kappa shape index (κ3) is 11.4. The second-order valence-corrected chi connectivity index (χ2v) is 10.1. The summed E-state index contributed by atoms with van der Waals surface area (Å²) in [6.07, 6.45) is 14.2. The Hall–Kier alpha value is -3.67. The lowest BCUT2D eigenvalue weighted by atomic mass is 10.0. The quantitative estimate of drug-likeness (QED) is 0.156. The molecule has 0 heterocycles. The van der Waals surface area contributed by atoms with Crippen molar-refractivity contribution >= 4 is 5.97 Å². The maximum atomic E-state index is 12.1. The lowest BCUT2D eigenvalue weighted by molar-refractivity contribution is -0.132. The zero-order valence-corrected chi connectivity index (χ0v) is 25.5. The van der Waals surface area contributed by atoms with Crippen LogP contribution in [0.4, 0.5) is 0 Å². The minimum atomic E-state index is -0.949. The summed E-state index contributed by atoms with van der Waals surface area (Å²) >= 11 is 0. The van der Waals surface area contributed by atoms with E-state index < -0.39 is 5.97 Å². The summed E-state index contributed by atoms with van der Waals surface area (Å²) in [7, 11) is 0. The molecule has 0 saturated heterocycles. The molecule has 0 saturated carbocycles. The van der Waals surface area contributed by atoms with Gasteiger partial charge in [0.25, 0.3) is 0 Å². The van der Waals surface area contributed by atoms with E-state index in [9.17, 15) is 15.0 Å². The van der Waals surface area contributed by atoms with Crippen LogP contribution in [0.1, 0.15) is 57.2 Å². The second kappa shape index (κ2) is 18.6. The fourth-order valence-electron chi connectivity index (χ4n) is 4.72. The monoisotopic (exact) mass is 556 g/mol. The number of allylic oxidation sites excluding steroid dienone is 5. The largest absolute Gasteiger partial charge is 0.478 e. The number of carbonyl (C=O) groups is 1. The maximum Gasteiger partial charge on any atom is 0.335 e. The summed E-state index contributed by atoms with van der Waals surface area (Å²) < 4.78 is 0. The van der Waals surface area contributed by atoms with E-state index in [1.807, 2.05) is 32.0 Å². The van der Waals surface area contributed by atoms with E-state index in [0.29, 0.717) is 13.1 Å². The van der Waals surface area contributed by atoms with Gasteiger partial charge in [-0.15, -0.1) is 0 Å². The van der Waals surface area contributed by atoms with Gasteiger partial charge in [-0.3, -0.25) is 4.90 Å². The van der Waals surface area contributed by atoms with Gasteiger partial charge in [-0.05, 0) is 63.3 Å². The highest BCUT2D eigenvalue weighted by Crippen LogP contribution is 2.26. The fourth-order valence-corrected chi connectivity index (χ4v) is 4.72. The molecule has 0 fully saturated rings. The topological polar surface area (TPSA) is 64.0 Å². The van der Waals surface area contributed by atoms with Gasteiger partial charge in [0.2, 0.25) is 0 Å². The predicted molar refractivity (Wildman–Crippen MR) is 171 cm³/mol. The van der Waals surface area contributed by atoms with Crippen molar-refractivity contribution in [2.45, 2.75) is 60.4 Å². The Morgan fingerprint density at radius 2 is 1.61 bits per heavy atom. The first kappa shape index (κ1) is 33.5. The molecule has 41 heavy (non-hydrogen) atoms. The number of nitrogens with zero attached hydrogens (tertiary/aromatic N) is 2. The highest BCUT2D eigenvalue weighted by molar-refractivity contribution is 5.90. The van der Waals surface area contributed by atoms with Crippen LogP contribution in [0.2, 0.25) is 0 Å². The van der Waals surface area contributed by atoms with Crippen molar-refractivity contribution in [3.63, 3.8) is 0 Å². The average molecular weight is 557 g/mol. The first-order valence-corrected chi connectivity index (χ1v) is 14.7. The van der Waals surface area contributed by atoms with Crippen molar-refractivity contribution in [1.82, 2.24) is 9.80 Å². The minimum absolute atomic E-state index is 0.0688. The Bertz CT molecular complexity index is 1220. The summed E-state index contributed by atoms with van der Waals surface area (Å²) in [6.45, 7) is 12.8. The molecule has 220 valence electrons. The van der Waals surface area contributed by atoms with Crippen LogP contribution < -0.4 is 0 Å². The molecule has 5 heteroatoms. The summed E-state index contributed by atoms with van der Waals surface area (Å²) in [5.41, 5.74) is 6.90. The van der Waals surface area contributed by atoms with Crippen LogP contribution in [0.15, 0.2) is 114 Å². The first-order chi connectivity index (χ1) is 19.9. The zero-order chi connectivity index (χ0) is 30.0. The number of hydrogen-bond acceptors (Lipinski definition) is 4. The van der Waals surface area contributed by atoms with E-state index in [-0.39, 0.29) is 12.2 Å².